The number of amides is 1. The van der Waals surface area contributed by atoms with E-state index >= 15 is 0 Å². The number of hydrogen-bond donors (Lipinski definition) is 2. The monoisotopic (exact) mass is 284 g/mol. The Kier molecular flexibility index (Phi) is 2.96. The van der Waals surface area contributed by atoms with E-state index in [1.807, 2.05) is 18.2 Å². The molecule has 3 atom stereocenters. The summed E-state index contributed by atoms with van der Waals surface area (Å²) in [7, 11) is 0. The molecule has 4 rings (SSSR count). The second-order valence-electron chi connectivity index (χ2n) is 5.61. The summed E-state index contributed by atoms with van der Waals surface area (Å²) < 4.78 is 5.52. The smallest absolute Gasteiger partial charge is 0.307 e. The van der Waals surface area contributed by atoms with Gasteiger partial charge in [-0.1, -0.05) is 6.07 Å². The van der Waals surface area contributed by atoms with Crippen LogP contribution in [-0.4, -0.2) is 34.0 Å². The molecule has 2 aliphatic rings. The van der Waals surface area contributed by atoms with Crippen molar-refractivity contribution < 1.29 is 9.21 Å². The fourth-order valence-corrected chi connectivity index (χ4v) is 3.22. The average Bonchev–Trinajstić information content (AvgIpc) is 3.24. The third kappa shape index (κ3) is 2.31. The first kappa shape index (κ1) is 12.5. The van der Waals surface area contributed by atoms with Gasteiger partial charge in [0.05, 0.1) is 6.20 Å². The average molecular weight is 284 g/mol. The highest BCUT2D eigenvalue weighted by atomic mass is 16.4. The van der Waals surface area contributed by atoms with Crippen LogP contribution in [-0.2, 0) is 0 Å². The fourth-order valence-electron chi connectivity index (χ4n) is 3.22. The molecule has 2 aromatic heterocycles. The van der Waals surface area contributed by atoms with Crippen molar-refractivity contribution in [2.24, 2.45) is 0 Å². The summed E-state index contributed by atoms with van der Waals surface area (Å²) in [6.07, 6.45) is 6.54. The normalized spacial score (nSPS) is 27.0. The molecule has 0 unspecified atom stereocenters. The van der Waals surface area contributed by atoms with Crippen LogP contribution in [0.5, 0.6) is 0 Å². The van der Waals surface area contributed by atoms with Crippen molar-refractivity contribution in [2.45, 2.75) is 37.4 Å². The minimum atomic E-state index is -0.253. The second kappa shape index (κ2) is 4.96. The molecule has 2 N–H and O–H groups in total. The van der Waals surface area contributed by atoms with Gasteiger partial charge >= 0.3 is 5.91 Å². The summed E-state index contributed by atoms with van der Waals surface area (Å²) in [5.41, 5.74) is 0.672. The Hall–Kier alpha value is -2.21. The summed E-state index contributed by atoms with van der Waals surface area (Å²) in [5.74, 6) is 0.349. The third-order valence-electron chi connectivity index (χ3n) is 4.23. The van der Waals surface area contributed by atoms with Crippen molar-refractivity contribution in [3.05, 3.63) is 36.5 Å². The Balaban J connectivity index is 1.47. The summed E-state index contributed by atoms with van der Waals surface area (Å²) >= 11 is 0. The summed E-state index contributed by atoms with van der Waals surface area (Å²) in [4.78, 5) is 20.4. The number of hydrogen-bond acceptors (Lipinski definition) is 5. The molecule has 2 saturated heterocycles. The van der Waals surface area contributed by atoms with Gasteiger partial charge in [0, 0.05) is 24.3 Å². The molecule has 0 spiro atoms. The van der Waals surface area contributed by atoms with Crippen molar-refractivity contribution in [3.8, 4) is 11.5 Å². The topological polar surface area (TPSA) is 80.0 Å². The zero-order valence-electron chi connectivity index (χ0n) is 11.5. The first-order chi connectivity index (χ1) is 10.3. The fraction of sp³-hybridized carbons (Fsp3) is 0.400. The molecule has 0 aromatic carbocycles. The van der Waals surface area contributed by atoms with E-state index in [0.717, 1.165) is 12.8 Å². The molecule has 0 radical (unpaired) electrons. The maximum atomic E-state index is 12.2. The number of pyridine rings is 1. The van der Waals surface area contributed by atoms with E-state index in [2.05, 4.69) is 20.6 Å². The number of carbonyl (C=O) groups excluding carboxylic acids is 1. The Labute approximate surface area is 122 Å². The quantitative estimate of drug-likeness (QED) is 0.889. The van der Waals surface area contributed by atoms with Crippen LogP contribution in [0.15, 0.2) is 35.0 Å². The summed E-state index contributed by atoms with van der Waals surface area (Å²) in [6.45, 7) is 0. The molecule has 21 heavy (non-hydrogen) atoms. The van der Waals surface area contributed by atoms with Crippen LogP contribution in [0.25, 0.3) is 11.5 Å². The number of nitrogens with one attached hydrogen (secondary N) is 2. The van der Waals surface area contributed by atoms with Gasteiger partial charge in [-0.15, -0.1) is 0 Å². The molecular weight excluding hydrogens is 268 g/mol. The van der Waals surface area contributed by atoms with Gasteiger partial charge in [-0.25, -0.2) is 4.98 Å². The Morgan fingerprint density at radius 2 is 2.29 bits per heavy atom. The van der Waals surface area contributed by atoms with E-state index in [9.17, 15) is 4.79 Å². The molecule has 2 bridgehead atoms. The molecule has 108 valence electrons. The van der Waals surface area contributed by atoms with E-state index in [-0.39, 0.29) is 17.8 Å². The van der Waals surface area contributed by atoms with Crippen LogP contribution in [0.2, 0.25) is 0 Å². The van der Waals surface area contributed by atoms with Crippen molar-refractivity contribution >= 4 is 5.91 Å². The number of carbonyl (C=O) groups is 1. The Bertz CT molecular complexity index is 655. The minimum Gasteiger partial charge on any atom is -0.431 e. The standard InChI is InChI=1S/C15H16N4O2/c20-14(19-12-7-9-4-5-10(12)18-9)15-17-8-13(21-15)11-3-1-2-6-16-11/h1-3,6,8-10,12,18H,4-5,7H2,(H,19,20)/t9-,10-,12+/m0/s1. The van der Waals surface area contributed by atoms with E-state index in [0.29, 0.717) is 23.5 Å². The van der Waals surface area contributed by atoms with Gasteiger partial charge in [0.2, 0.25) is 0 Å². The highest BCUT2D eigenvalue weighted by Crippen LogP contribution is 2.28. The van der Waals surface area contributed by atoms with E-state index in [4.69, 9.17) is 4.42 Å². The summed E-state index contributed by atoms with van der Waals surface area (Å²) in [6, 6.07) is 6.64. The maximum absolute atomic E-state index is 12.2. The zero-order valence-corrected chi connectivity index (χ0v) is 11.5. The molecule has 2 fully saturated rings. The van der Waals surface area contributed by atoms with Crippen LogP contribution in [0.1, 0.15) is 29.9 Å². The molecule has 1 amide bonds. The van der Waals surface area contributed by atoms with Crippen LogP contribution in [0, 0.1) is 0 Å². The van der Waals surface area contributed by atoms with E-state index < -0.39 is 0 Å². The summed E-state index contributed by atoms with van der Waals surface area (Å²) in [5, 5.41) is 6.50. The van der Waals surface area contributed by atoms with Gasteiger partial charge in [0.25, 0.3) is 5.89 Å². The van der Waals surface area contributed by atoms with Gasteiger partial charge in [-0.05, 0) is 31.4 Å². The molecule has 6 heteroatoms. The van der Waals surface area contributed by atoms with Gasteiger partial charge in [-0.2, -0.15) is 0 Å². The lowest BCUT2D eigenvalue weighted by Gasteiger charge is -2.20. The molecule has 0 aliphatic carbocycles. The highest BCUT2D eigenvalue weighted by molar-refractivity contribution is 5.90. The van der Waals surface area contributed by atoms with Crippen LogP contribution < -0.4 is 10.6 Å². The molecule has 0 saturated carbocycles. The molecular formula is C15H16N4O2. The van der Waals surface area contributed by atoms with Crippen LogP contribution in [0.4, 0.5) is 0 Å². The van der Waals surface area contributed by atoms with Crippen molar-refractivity contribution in [1.29, 1.82) is 0 Å². The maximum Gasteiger partial charge on any atom is 0.307 e. The first-order valence-corrected chi connectivity index (χ1v) is 7.24. The van der Waals surface area contributed by atoms with E-state index in [1.165, 1.54) is 12.6 Å². The van der Waals surface area contributed by atoms with E-state index in [1.54, 1.807) is 6.20 Å². The van der Waals surface area contributed by atoms with Gasteiger partial charge in [0.15, 0.2) is 5.76 Å². The number of nitrogens with zero attached hydrogens (tertiary/aromatic N) is 2. The third-order valence-corrected chi connectivity index (χ3v) is 4.23. The van der Waals surface area contributed by atoms with Crippen molar-refractivity contribution in [2.75, 3.05) is 0 Å². The number of fused-ring (bicyclic) bond motifs is 2. The van der Waals surface area contributed by atoms with Gasteiger partial charge in [0.1, 0.15) is 5.69 Å². The second-order valence-corrected chi connectivity index (χ2v) is 5.61. The van der Waals surface area contributed by atoms with Crippen molar-refractivity contribution in [1.82, 2.24) is 20.6 Å². The number of oxazole rings is 1. The lowest BCUT2D eigenvalue weighted by molar-refractivity contribution is 0.0896. The molecule has 6 nitrogen and oxygen atoms in total. The highest BCUT2D eigenvalue weighted by Gasteiger charge is 2.40. The van der Waals surface area contributed by atoms with Crippen LogP contribution >= 0.6 is 0 Å². The van der Waals surface area contributed by atoms with Crippen molar-refractivity contribution in [3.63, 3.8) is 0 Å². The molecule has 2 aliphatic heterocycles. The lowest BCUT2D eigenvalue weighted by Crippen LogP contribution is -2.43. The zero-order chi connectivity index (χ0) is 14.2. The molecule has 4 heterocycles. The predicted molar refractivity (Wildman–Crippen MR) is 75.6 cm³/mol. The first-order valence-electron chi connectivity index (χ1n) is 7.24. The van der Waals surface area contributed by atoms with Gasteiger partial charge in [-0.3, -0.25) is 9.78 Å². The lowest BCUT2D eigenvalue weighted by atomic mass is 9.95. The largest absolute Gasteiger partial charge is 0.431 e. The predicted octanol–water partition coefficient (Wildman–Crippen LogP) is 1.36. The van der Waals surface area contributed by atoms with Crippen LogP contribution in [0.3, 0.4) is 0 Å². The SMILES string of the molecule is O=C(N[C@@H]1C[C@@H]2CC[C@@H]1N2)c1ncc(-c2ccccn2)o1. The Morgan fingerprint density at radius 3 is 3.00 bits per heavy atom. The molecule has 2 aromatic rings. The Morgan fingerprint density at radius 1 is 1.33 bits per heavy atom. The number of rotatable bonds is 3. The van der Waals surface area contributed by atoms with Gasteiger partial charge < -0.3 is 15.1 Å². The number of aromatic nitrogens is 2. The minimum absolute atomic E-state index is 0.0958.